The standard InChI is InChI=1S/C15H21NO3/c1-15(2,3)19-14(17)16-13(9-12-10-18-12)11-7-5-4-6-8-11/h4-8,12-13H,9-10H2,1-3H3,(H,16,17)/t12-,13?/m0/s1. The van der Waals surface area contributed by atoms with Gasteiger partial charge in [-0.3, -0.25) is 0 Å². The van der Waals surface area contributed by atoms with Crippen molar-refractivity contribution in [2.45, 2.75) is 44.9 Å². The first-order chi connectivity index (χ1) is 8.94. The Kier molecular flexibility index (Phi) is 4.10. The Morgan fingerprint density at radius 2 is 2.05 bits per heavy atom. The van der Waals surface area contributed by atoms with E-state index in [4.69, 9.17) is 9.47 Å². The summed E-state index contributed by atoms with van der Waals surface area (Å²) < 4.78 is 10.6. The topological polar surface area (TPSA) is 50.9 Å². The number of rotatable bonds is 4. The third-order valence-corrected chi connectivity index (χ3v) is 2.79. The van der Waals surface area contributed by atoms with Crippen LogP contribution >= 0.6 is 0 Å². The van der Waals surface area contributed by atoms with Gasteiger partial charge < -0.3 is 14.8 Å². The number of carbonyl (C=O) groups is 1. The molecule has 4 heteroatoms. The van der Waals surface area contributed by atoms with Gasteiger partial charge in [-0.2, -0.15) is 0 Å². The normalized spacial score (nSPS) is 19.6. The van der Waals surface area contributed by atoms with Crippen molar-refractivity contribution >= 4 is 6.09 Å². The van der Waals surface area contributed by atoms with E-state index in [1.165, 1.54) is 0 Å². The van der Waals surface area contributed by atoms with Gasteiger partial charge in [0.2, 0.25) is 0 Å². The van der Waals surface area contributed by atoms with Gasteiger partial charge in [0.05, 0.1) is 18.8 Å². The molecule has 0 bridgehead atoms. The minimum absolute atomic E-state index is 0.0662. The lowest BCUT2D eigenvalue weighted by Crippen LogP contribution is -2.35. The van der Waals surface area contributed by atoms with Crippen LogP contribution in [0.1, 0.15) is 38.8 Å². The van der Waals surface area contributed by atoms with E-state index < -0.39 is 5.60 Å². The van der Waals surface area contributed by atoms with Crippen LogP contribution in [0.5, 0.6) is 0 Å². The van der Waals surface area contributed by atoms with E-state index in [9.17, 15) is 4.79 Å². The van der Waals surface area contributed by atoms with Crippen molar-refractivity contribution in [2.24, 2.45) is 0 Å². The number of carbonyl (C=O) groups excluding carboxylic acids is 1. The van der Waals surface area contributed by atoms with Gasteiger partial charge >= 0.3 is 6.09 Å². The van der Waals surface area contributed by atoms with Crippen LogP contribution in [0.15, 0.2) is 30.3 Å². The second-order valence-electron chi connectivity index (χ2n) is 5.80. The Balaban J connectivity index is 1.99. The molecule has 1 N–H and O–H groups in total. The van der Waals surface area contributed by atoms with Crippen LogP contribution in [0.25, 0.3) is 0 Å². The molecule has 2 rings (SSSR count). The predicted octanol–water partition coefficient (Wildman–Crippen LogP) is 3.04. The van der Waals surface area contributed by atoms with Crippen molar-refractivity contribution < 1.29 is 14.3 Å². The molecule has 1 amide bonds. The van der Waals surface area contributed by atoms with E-state index in [1.54, 1.807) is 0 Å². The number of hydrogen-bond donors (Lipinski definition) is 1. The van der Waals surface area contributed by atoms with E-state index >= 15 is 0 Å². The number of amides is 1. The minimum Gasteiger partial charge on any atom is -0.444 e. The summed E-state index contributed by atoms with van der Waals surface area (Å²) in [6, 6.07) is 9.83. The maximum atomic E-state index is 11.9. The number of ether oxygens (including phenoxy) is 2. The lowest BCUT2D eigenvalue weighted by molar-refractivity contribution is 0.0499. The lowest BCUT2D eigenvalue weighted by atomic mass is 10.0. The SMILES string of the molecule is CC(C)(C)OC(=O)NC(C[C@H]1CO1)c1ccccc1. The largest absolute Gasteiger partial charge is 0.444 e. The summed E-state index contributed by atoms with van der Waals surface area (Å²) >= 11 is 0. The number of alkyl carbamates (subject to hydrolysis) is 1. The van der Waals surface area contributed by atoms with Gasteiger partial charge in [0.15, 0.2) is 0 Å². The van der Waals surface area contributed by atoms with Crippen LogP contribution in [0.2, 0.25) is 0 Å². The van der Waals surface area contributed by atoms with Crippen molar-refractivity contribution in [3.8, 4) is 0 Å². The highest BCUT2D eigenvalue weighted by molar-refractivity contribution is 5.68. The summed E-state index contributed by atoms with van der Waals surface area (Å²) in [6.45, 7) is 6.34. The second-order valence-corrected chi connectivity index (χ2v) is 5.80. The molecule has 0 radical (unpaired) electrons. The third-order valence-electron chi connectivity index (χ3n) is 2.79. The molecule has 1 heterocycles. The number of benzene rings is 1. The average molecular weight is 263 g/mol. The molecule has 19 heavy (non-hydrogen) atoms. The van der Waals surface area contributed by atoms with Gasteiger partial charge in [-0.05, 0) is 26.3 Å². The zero-order valence-electron chi connectivity index (χ0n) is 11.7. The monoisotopic (exact) mass is 263 g/mol. The molecule has 104 valence electrons. The van der Waals surface area contributed by atoms with Gasteiger partial charge in [0.1, 0.15) is 5.60 Å². The smallest absolute Gasteiger partial charge is 0.408 e. The quantitative estimate of drug-likeness (QED) is 0.849. The van der Waals surface area contributed by atoms with Gasteiger partial charge in [-0.25, -0.2) is 4.79 Å². The van der Waals surface area contributed by atoms with Crippen molar-refractivity contribution in [3.05, 3.63) is 35.9 Å². The van der Waals surface area contributed by atoms with E-state index in [0.717, 1.165) is 18.6 Å². The van der Waals surface area contributed by atoms with Crippen molar-refractivity contribution in [1.29, 1.82) is 0 Å². The first kappa shape index (κ1) is 13.9. The summed E-state index contributed by atoms with van der Waals surface area (Å²) in [7, 11) is 0. The van der Waals surface area contributed by atoms with Crippen molar-refractivity contribution in [1.82, 2.24) is 5.32 Å². The van der Waals surface area contributed by atoms with E-state index in [2.05, 4.69) is 5.32 Å². The molecule has 1 fully saturated rings. The fourth-order valence-electron chi connectivity index (χ4n) is 1.88. The van der Waals surface area contributed by atoms with Crippen LogP contribution in [-0.4, -0.2) is 24.4 Å². The fraction of sp³-hybridized carbons (Fsp3) is 0.533. The first-order valence-electron chi connectivity index (χ1n) is 6.60. The van der Waals surface area contributed by atoms with E-state index in [-0.39, 0.29) is 18.2 Å². The maximum Gasteiger partial charge on any atom is 0.408 e. The first-order valence-corrected chi connectivity index (χ1v) is 6.60. The van der Waals surface area contributed by atoms with E-state index in [1.807, 2.05) is 51.1 Å². The van der Waals surface area contributed by atoms with Crippen LogP contribution in [0.3, 0.4) is 0 Å². The van der Waals surface area contributed by atoms with Crippen molar-refractivity contribution in [2.75, 3.05) is 6.61 Å². The molecule has 1 aromatic rings. The Morgan fingerprint density at radius 1 is 1.42 bits per heavy atom. The van der Waals surface area contributed by atoms with Gasteiger partial charge in [0.25, 0.3) is 0 Å². The summed E-state index contributed by atoms with van der Waals surface area (Å²) in [6.07, 6.45) is 0.644. The lowest BCUT2D eigenvalue weighted by Gasteiger charge is -2.23. The molecule has 1 aliphatic rings. The molecule has 0 spiro atoms. The second kappa shape index (κ2) is 5.61. The molecule has 4 nitrogen and oxygen atoms in total. The fourth-order valence-corrected chi connectivity index (χ4v) is 1.88. The average Bonchev–Trinajstić information content (AvgIpc) is 3.11. The highest BCUT2D eigenvalue weighted by atomic mass is 16.6. The Hall–Kier alpha value is -1.55. The molecule has 0 aliphatic carbocycles. The molecular formula is C15H21NO3. The highest BCUT2D eigenvalue weighted by Gasteiger charge is 2.29. The molecule has 0 saturated carbocycles. The summed E-state index contributed by atoms with van der Waals surface area (Å²) in [4.78, 5) is 11.9. The Morgan fingerprint density at radius 3 is 2.58 bits per heavy atom. The molecule has 1 aliphatic heterocycles. The van der Waals surface area contributed by atoms with Crippen molar-refractivity contribution in [3.63, 3.8) is 0 Å². The molecule has 0 aromatic heterocycles. The van der Waals surface area contributed by atoms with Crippen LogP contribution in [0, 0.1) is 0 Å². The summed E-state index contributed by atoms with van der Waals surface area (Å²) in [5, 5.41) is 2.92. The maximum absolute atomic E-state index is 11.9. The molecule has 1 aromatic carbocycles. The minimum atomic E-state index is -0.485. The van der Waals surface area contributed by atoms with Gasteiger partial charge in [0, 0.05) is 6.42 Å². The Bertz CT molecular complexity index is 421. The van der Waals surface area contributed by atoms with Gasteiger partial charge in [-0.15, -0.1) is 0 Å². The zero-order chi connectivity index (χ0) is 13.9. The highest BCUT2D eigenvalue weighted by Crippen LogP contribution is 2.25. The van der Waals surface area contributed by atoms with E-state index in [0.29, 0.717) is 0 Å². The molecule has 1 unspecified atom stereocenters. The van der Waals surface area contributed by atoms with Crippen LogP contribution in [-0.2, 0) is 9.47 Å². The Labute approximate surface area is 114 Å². The van der Waals surface area contributed by atoms with Gasteiger partial charge in [-0.1, -0.05) is 30.3 Å². The summed E-state index contributed by atoms with van der Waals surface area (Å²) in [5.74, 6) is 0. The number of hydrogen-bond acceptors (Lipinski definition) is 3. The predicted molar refractivity (Wildman–Crippen MR) is 72.9 cm³/mol. The molecule has 2 atom stereocenters. The summed E-state index contributed by atoms with van der Waals surface area (Å²) in [5.41, 5.74) is 0.588. The number of nitrogens with one attached hydrogen (secondary N) is 1. The van der Waals surface area contributed by atoms with Crippen LogP contribution in [0.4, 0.5) is 4.79 Å². The molecular weight excluding hydrogens is 242 g/mol. The zero-order valence-corrected chi connectivity index (χ0v) is 11.7. The molecule has 1 saturated heterocycles. The number of epoxide rings is 1. The van der Waals surface area contributed by atoms with Crippen LogP contribution < -0.4 is 5.32 Å². The third kappa shape index (κ3) is 4.91.